The maximum absolute atomic E-state index is 6.92. The SMILES string of the molecule is C=C/C=C\C(=C/C)n1c2ccc(-c3cccc(/C(N)=C/c4cccc5c4Cc4ccccc4-5)c3)cc2c2cc(-c3ccc4c(c3)C(C)(C)c3ccccc3-4)ccc21. The van der Waals surface area contributed by atoms with Gasteiger partial charge in [0.1, 0.15) is 0 Å². The van der Waals surface area contributed by atoms with Gasteiger partial charge in [-0.25, -0.2) is 0 Å². The number of hydrogen-bond donors (Lipinski definition) is 1. The standard InChI is InChI=1S/C55H44N2/c1-5-7-18-42(6-2)57-53-27-24-36(35-15-12-17-41(29-35)52(56)34-40-16-13-21-44-43-19-9-8-14-39(43)32-47(40)44)30-48(53)49-31-37(25-28-54(49)57)38-23-26-46-45-20-10-11-22-50(45)55(3,4)51(46)33-38/h5-31,33-34H,1,32,56H2,2-4H3/b18-7-,42-6+,52-34-. The van der Waals surface area contributed by atoms with E-state index in [1.807, 2.05) is 12.2 Å². The fraction of sp³-hybridized carbons (Fsp3) is 0.0909. The summed E-state index contributed by atoms with van der Waals surface area (Å²) in [7, 11) is 0. The molecule has 10 rings (SSSR count). The molecule has 7 aromatic carbocycles. The van der Waals surface area contributed by atoms with Crippen LogP contribution in [0.4, 0.5) is 0 Å². The zero-order valence-corrected chi connectivity index (χ0v) is 32.7. The van der Waals surface area contributed by atoms with Crippen LogP contribution < -0.4 is 5.73 Å². The Morgan fingerprint density at radius 3 is 2.02 bits per heavy atom. The van der Waals surface area contributed by atoms with Crippen molar-refractivity contribution in [1.82, 2.24) is 4.57 Å². The van der Waals surface area contributed by atoms with Crippen LogP contribution in [-0.4, -0.2) is 4.57 Å². The van der Waals surface area contributed by atoms with Crippen LogP contribution in [0.15, 0.2) is 176 Å². The van der Waals surface area contributed by atoms with Crippen molar-refractivity contribution in [3.05, 3.63) is 210 Å². The third kappa shape index (κ3) is 5.55. The van der Waals surface area contributed by atoms with Gasteiger partial charge in [0.2, 0.25) is 0 Å². The van der Waals surface area contributed by atoms with E-state index in [1.54, 1.807) is 0 Å². The average Bonchev–Trinajstić information content (AvgIpc) is 3.87. The second-order valence-electron chi connectivity index (χ2n) is 15.9. The normalized spacial score (nSPS) is 14.2. The van der Waals surface area contributed by atoms with Crippen molar-refractivity contribution in [1.29, 1.82) is 0 Å². The third-order valence-electron chi connectivity index (χ3n) is 12.4. The molecule has 0 aliphatic heterocycles. The Kier molecular flexibility index (Phi) is 8.12. The fourth-order valence-corrected chi connectivity index (χ4v) is 9.46. The van der Waals surface area contributed by atoms with Gasteiger partial charge in [-0.2, -0.15) is 0 Å². The molecule has 2 heteroatoms. The molecule has 0 spiro atoms. The molecule has 0 unspecified atom stereocenters. The highest BCUT2D eigenvalue weighted by atomic mass is 15.0. The van der Waals surface area contributed by atoms with E-state index in [4.69, 9.17) is 5.73 Å². The van der Waals surface area contributed by atoms with E-state index in [0.29, 0.717) is 0 Å². The van der Waals surface area contributed by atoms with E-state index in [-0.39, 0.29) is 5.41 Å². The smallest absolute Gasteiger partial charge is 0.0541 e. The Bertz CT molecular complexity index is 3050. The number of benzene rings is 7. The molecule has 0 fully saturated rings. The van der Waals surface area contributed by atoms with Gasteiger partial charge in [0.05, 0.1) is 11.0 Å². The first-order valence-corrected chi connectivity index (χ1v) is 19.9. The predicted octanol–water partition coefficient (Wildman–Crippen LogP) is 14.1. The van der Waals surface area contributed by atoms with Crippen LogP contribution >= 0.6 is 0 Å². The molecule has 1 aromatic heterocycles. The highest BCUT2D eigenvalue weighted by Gasteiger charge is 2.35. The van der Waals surface area contributed by atoms with Gasteiger partial charge >= 0.3 is 0 Å². The van der Waals surface area contributed by atoms with Gasteiger partial charge in [-0.15, -0.1) is 0 Å². The molecular formula is C55H44N2. The molecule has 0 saturated carbocycles. The summed E-state index contributed by atoms with van der Waals surface area (Å²) in [5.41, 5.74) is 28.8. The molecule has 274 valence electrons. The summed E-state index contributed by atoms with van der Waals surface area (Å²) in [4.78, 5) is 0. The van der Waals surface area contributed by atoms with Crippen molar-refractivity contribution in [3.8, 4) is 44.5 Å². The predicted molar refractivity (Wildman–Crippen MR) is 244 cm³/mol. The summed E-state index contributed by atoms with van der Waals surface area (Å²) >= 11 is 0. The van der Waals surface area contributed by atoms with E-state index in [0.717, 1.165) is 40.0 Å². The fourth-order valence-electron chi connectivity index (χ4n) is 9.46. The summed E-state index contributed by atoms with van der Waals surface area (Å²) in [6.07, 6.45) is 11.2. The van der Waals surface area contributed by atoms with E-state index in [9.17, 15) is 0 Å². The first-order chi connectivity index (χ1) is 27.8. The Morgan fingerprint density at radius 1 is 0.632 bits per heavy atom. The first-order valence-electron chi connectivity index (χ1n) is 19.9. The van der Waals surface area contributed by atoms with Crippen molar-refractivity contribution < 1.29 is 0 Å². The van der Waals surface area contributed by atoms with Crippen molar-refractivity contribution in [2.45, 2.75) is 32.6 Å². The molecule has 0 amide bonds. The van der Waals surface area contributed by atoms with Crippen LogP contribution in [0.25, 0.3) is 83.8 Å². The number of nitrogens with two attached hydrogens (primary N) is 1. The summed E-state index contributed by atoms with van der Waals surface area (Å²) in [5.74, 6) is 0. The van der Waals surface area contributed by atoms with Crippen LogP contribution in [0.3, 0.4) is 0 Å². The van der Waals surface area contributed by atoms with E-state index in [2.05, 4.69) is 196 Å². The summed E-state index contributed by atoms with van der Waals surface area (Å²) in [5, 5.41) is 2.42. The lowest BCUT2D eigenvalue weighted by Gasteiger charge is -2.22. The largest absolute Gasteiger partial charge is 0.398 e. The maximum Gasteiger partial charge on any atom is 0.0541 e. The van der Waals surface area contributed by atoms with E-state index < -0.39 is 0 Å². The Morgan fingerprint density at radius 2 is 1.26 bits per heavy atom. The molecule has 57 heavy (non-hydrogen) atoms. The van der Waals surface area contributed by atoms with Gasteiger partial charge in [0, 0.05) is 27.6 Å². The minimum absolute atomic E-state index is 0.0601. The topological polar surface area (TPSA) is 30.9 Å². The minimum atomic E-state index is -0.0601. The Balaban J connectivity index is 1.07. The lowest BCUT2D eigenvalue weighted by molar-refractivity contribution is 0.660. The number of aromatic nitrogens is 1. The second kappa shape index (κ2) is 13.4. The monoisotopic (exact) mass is 732 g/mol. The zero-order valence-electron chi connectivity index (χ0n) is 32.7. The number of fused-ring (bicyclic) bond motifs is 9. The van der Waals surface area contributed by atoms with Crippen LogP contribution in [0.2, 0.25) is 0 Å². The van der Waals surface area contributed by atoms with Crippen LogP contribution in [0.1, 0.15) is 54.2 Å². The van der Waals surface area contributed by atoms with Crippen molar-refractivity contribution >= 4 is 39.3 Å². The Labute approximate surface area is 335 Å². The first kappa shape index (κ1) is 34.6. The van der Waals surface area contributed by atoms with E-state index >= 15 is 0 Å². The van der Waals surface area contributed by atoms with Gasteiger partial charge in [0.25, 0.3) is 0 Å². The number of hydrogen-bond acceptors (Lipinski definition) is 1. The summed E-state index contributed by atoms with van der Waals surface area (Å²) in [6.45, 7) is 10.7. The summed E-state index contributed by atoms with van der Waals surface area (Å²) in [6, 6.07) is 53.6. The molecule has 2 aliphatic carbocycles. The highest BCUT2D eigenvalue weighted by molar-refractivity contribution is 6.13. The lowest BCUT2D eigenvalue weighted by atomic mass is 9.81. The van der Waals surface area contributed by atoms with Crippen LogP contribution in [0.5, 0.6) is 0 Å². The van der Waals surface area contributed by atoms with Gasteiger partial charge < -0.3 is 10.3 Å². The molecule has 1 heterocycles. The molecule has 8 aromatic rings. The molecule has 2 aliphatic rings. The molecule has 0 bridgehead atoms. The van der Waals surface area contributed by atoms with Crippen LogP contribution in [0, 0.1) is 0 Å². The molecule has 0 saturated heterocycles. The molecular weight excluding hydrogens is 689 g/mol. The number of allylic oxidation sites excluding steroid dienone is 5. The number of nitrogens with zero attached hydrogens (tertiary/aromatic N) is 1. The third-order valence-corrected chi connectivity index (χ3v) is 12.4. The molecule has 2 N–H and O–H groups in total. The van der Waals surface area contributed by atoms with Gasteiger partial charge in [-0.1, -0.05) is 148 Å². The second-order valence-corrected chi connectivity index (χ2v) is 15.9. The van der Waals surface area contributed by atoms with Gasteiger partial charge in [0.15, 0.2) is 0 Å². The van der Waals surface area contributed by atoms with Gasteiger partial charge in [-0.3, -0.25) is 0 Å². The minimum Gasteiger partial charge on any atom is -0.398 e. The molecule has 0 atom stereocenters. The zero-order chi connectivity index (χ0) is 38.8. The highest BCUT2D eigenvalue weighted by Crippen LogP contribution is 2.50. The maximum atomic E-state index is 6.92. The van der Waals surface area contributed by atoms with Crippen molar-refractivity contribution in [2.24, 2.45) is 5.73 Å². The van der Waals surface area contributed by atoms with Crippen molar-refractivity contribution in [2.75, 3.05) is 0 Å². The molecule has 2 nitrogen and oxygen atoms in total. The quantitative estimate of drug-likeness (QED) is 0.128. The van der Waals surface area contributed by atoms with Crippen LogP contribution in [-0.2, 0) is 11.8 Å². The average molecular weight is 733 g/mol. The number of rotatable bonds is 7. The Hall–Kier alpha value is -6.90. The van der Waals surface area contributed by atoms with Crippen molar-refractivity contribution in [3.63, 3.8) is 0 Å². The molecule has 0 radical (unpaired) electrons. The lowest BCUT2D eigenvalue weighted by Crippen LogP contribution is -2.14. The summed E-state index contributed by atoms with van der Waals surface area (Å²) < 4.78 is 2.37. The van der Waals surface area contributed by atoms with E-state index in [1.165, 1.54) is 77.5 Å². The van der Waals surface area contributed by atoms with Gasteiger partial charge in [-0.05, 0) is 140 Å².